The van der Waals surface area contributed by atoms with Gasteiger partial charge in [-0.1, -0.05) is 12.1 Å². The lowest BCUT2D eigenvalue weighted by Gasteiger charge is -2.10. The average molecular weight is 372 g/mol. The fraction of sp³-hybridized carbons (Fsp3) is 0.231. The maximum absolute atomic E-state index is 12.3. The van der Waals surface area contributed by atoms with E-state index in [1.165, 1.54) is 24.3 Å². The molecule has 0 fully saturated rings. The molecular formula is C13H12N2O7S2. The summed E-state index contributed by atoms with van der Waals surface area (Å²) in [5.41, 5.74) is -0.0210. The van der Waals surface area contributed by atoms with Crippen LogP contribution in [0.2, 0.25) is 0 Å². The van der Waals surface area contributed by atoms with Crippen LogP contribution < -0.4 is 4.74 Å². The van der Waals surface area contributed by atoms with Crippen molar-refractivity contribution in [2.45, 2.75) is 4.90 Å². The van der Waals surface area contributed by atoms with Crippen LogP contribution >= 0.6 is 0 Å². The normalized spacial score (nSPS) is 19.1. The number of hydrogen-bond acceptors (Lipinski definition) is 7. The Bertz CT molecular complexity index is 1010. The van der Waals surface area contributed by atoms with Gasteiger partial charge < -0.3 is 4.74 Å². The molecule has 0 aliphatic carbocycles. The van der Waals surface area contributed by atoms with Gasteiger partial charge in [0, 0.05) is 11.8 Å². The van der Waals surface area contributed by atoms with Crippen molar-refractivity contribution in [3.05, 3.63) is 35.4 Å². The van der Waals surface area contributed by atoms with Gasteiger partial charge in [0.1, 0.15) is 10.6 Å². The van der Waals surface area contributed by atoms with E-state index in [-0.39, 0.29) is 34.0 Å². The first-order valence-corrected chi connectivity index (χ1v) is 10.1. The number of hydroxylamine groups is 2. The first kappa shape index (κ1) is 16.6. The molecule has 0 saturated heterocycles. The van der Waals surface area contributed by atoms with E-state index >= 15 is 0 Å². The second-order valence-electron chi connectivity index (χ2n) is 5.24. The van der Waals surface area contributed by atoms with E-state index in [0.29, 0.717) is 5.06 Å². The fourth-order valence-electron chi connectivity index (χ4n) is 2.35. The smallest absolute Gasteiger partial charge is 0.287 e. The van der Waals surface area contributed by atoms with Crippen molar-refractivity contribution in [1.82, 2.24) is 5.06 Å². The molecule has 0 bridgehead atoms. The van der Waals surface area contributed by atoms with Gasteiger partial charge in [-0.2, -0.15) is 12.8 Å². The van der Waals surface area contributed by atoms with Crippen molar-refractivity contribution < 1.29 is 31.6 Å². The number of amides is 1. The molecule has 1 amide bonds. The van der Waals surface area contributed by atoms with Gasteiger partial charge in [0.15, 0.2) is 15.8 Å². The molecule has 3 rings (SSSR count). The third kappa shape index (κ3) is 2.81. The zero-order chi connectivity index (χ0) is 17.7. The summed E-state index contributed by atoms with van der Waals surface area (Å²) in [4.78, 5) is 11.6. The van der Waals surface area contributed by atoms with Crippen LogP contribution in [0, 0.1) is 0 Å². The average Bonchev–Trinajstić information content (AvgIpc) is 2.95. The maximum atomic E-state index is 12.3. The van der Waals surface area contributed by atoms with Gasteiger partial charge >= 0.3 is 0 Å². The van der Waals surface area contributed by atoms with Gasteiger partial charge in [-0.15, -0.1) is 0 Å². The topological polar surface area (TPSA) is 130 Å². The second kappa shape index (κ2) is 5.40. The van der Waals surface area contributed by atoms with E-state index in [9.17, 15) is 26.8 Å². The van der Waals surface area contributed by atoms with Crippen LogP contribution in [0.1, 0.15) is 5.56 Å². The van der Waals surface area contributed by atoms with Gasteiger partial charge in [0.2, 0.25) is 0 Å². The van der Waals surface area contributed by atoms with E-state index < -0.39 is 31.7 Å². The Morgan fingerprint density at radius 3 is 2.67 bits per heavy atom. The molecule has 1 aromatic rings. The highest BCUT2D eigenvalue weighted by Gasteiger charge is 2.38. The summed E-state index contributed by atoms with van der Waals surface area (Å²) in [6.07, 6.45) is 2.31. The van der Waals surface area contributed by atoms with Crippen LogP contribution in [0.5, 0.6) is 5.75 Å². The predicted molar refractivity (Wildman–Crippen MR) is 82.1 cm³/mol. The molecule has 2 aliphatic heterocycles. The molecule has 0 spiro atoms. The van der Waals surface area contributed by atoms with Crippen molar-refractivity contribution in [2.75, 3.05) is 18.7 Å². The summed E-state index contributed by atoms with van der Waals surface area (Å²) in [7, 11) is -7.64. The van der Waals surface area contributed by atoms with Crippen molar-refractivity contribution in [1.29, 1.82) is 0 Å². The molecule has 11 heteroatoms. The van der Waals surface area contributed by atoms with Crippen LogP contribution in [0.3, 0.4) is 0 Å². The third-order valence-corrected chi connectivity index (χ3v) is 5.23. The third-order valence-electron chi connectivity index (χ3n) is 3.32. The van der Waals surface area contributed by atoms with Gasteiger partial charge in [0.25, 0.3) is 15.9 Å². The Morgan fingerprint density at radius 2 is 2.08 bits per heavy atom. The number of hydrogen-bond donors (Lipinski definition) is 1. The molecule has 0 radical (unpaired) electrons. The molecule has 2 aliphatic rings. The minimum Gasteiger partial charge on any atom is -0.476 e. The molecule has 24 heavy (non-hydrogen) atoms. The van der Waals surface area contributed by atoms with Crippen molar-refractivity contribution in [3.63, 3.8) is 0 Å². The summed E-state index contributed by atoms with van der Waals surface area (Å²) < 4.78 is 55.8. The van der Waals surface area contributed by atoms with Crippen molar-refractivity contribution in [3.8, 4) is 5.75 Å². The molecular weight excluding hydrogens is 360 g/mol. The van der Waals surface area contributed by atoms with Crippen LogP contribution in [-0.4, -0.2) is 57.5 Å². The number of nitrogens with zero attached hydrogens (tertiary/aromatic N) is 2. The summed E-state index contributed by atoms with van der Waals surface area (Å²) in [5, 5.41) is 9.81. The first-order valence-electron chi connectivity index (χ1n) is 6.60. The SMILES string of the molecule is CS(=O)(=O)COc1cccc2c1S(=O)(=O)N=C2C1=CCN(O)C1=O. The first-order chi connectivity index (χ1) is 11.1. The van der Waals surface area contributed by atoms with E-state index in [1.807, 2.05) is 0 Å². The van der Waals surface area contributed by atoms with Crippen LogP contribution in [0.15, 0.2) is 39.1 Å². The molecule has 0 saturated carbocycles. The molecule has 0 aromatic heterocycles. The Kier molecular flexibility index (Phi) is 3.73. The molecule has 128 valence electrons. The quantitative estimate of drug-likeness (QED) is 0.719. The number of carbonyl (C=O) groups is 1. The summed E-state index contributed by atoms with van der Waals surface area (Å²) in [6, 6.07) is 4.20. The second-order valence-corrected chi connectivity index (χ2v) is 8.87. The standard InChI is InChI=1S/C13H12N2O7S2/c1-23(18,19)7-22-10-4-2-3-8-11(14-24(20,21)12(8)10)9-5-6-15(17)13(9)16/h2-5,17H,6-7H2,1H3. The van der Waals surface area contributed by atoms with E-state index in [4.69, 9.17) is 4.74 Å². The van der Waals surface area contributed by atoms with Crippen LogP contribution in [0.25, 0.3) is 0 Å². The molecule has 0 atom stereocenters. The monoisotopic (exact) mass is 372 g/mol. The lowest BCUT2D eigenvalue weighted by molar-refractivity contribution is -0.154. The van der Waals surface area contributed by atoms with E-state index in [0.717, 1.165) is 6.26 Å². The van der Waals surface area contributed by atoms with Crippen LogP contribution in [-0.2, 0) is 24.7 Å². The fourth-order valence-corrected chi connectivity index (χ4v) is 4.04. The number of carbonyl (C=O) groups excluding carboxylic acids is 1. The van der Waals surface area contributed by atoms with Gasteiger partial charge in [-0.25, -0.2) is 13.5 Å². The minimum absolute atomic E-state index is 0.0416. The largest absolute Gasteiger partial charge is 0.476 e. The number of sulfonamides is 1. The molecule has 0 unspecified atom stereocenters. The molecule has 1 aromatic carbocycles. The van der Waals surface area contributed by atoms with Gasteiger partial charge in [-0.3, -0.25) is 10.0 Å². The number of sulfone groups is 1. The number of fused-ring (bicyclic) bond motifs is 1. The number of ether oxygens (including phenoxy) is 1. The van der Waals surface area contributed by atoms with Crippen molar-refractivity contribution >= 4 is 31.5 Å². The van der Waals surface area contributed by atoms with E-state index in [1.54, 1.807) is 0 Å². The highest BCUT2D eigenvalue weighted by molar-refractivity contribution is 7.91. The zero-order valence-electron chi connectivity index (χ0n) is 12.3. The zero-order valence-corrected chi connectivity index (χ0v) is 14.0. The Hall–Kier alpha value is -2.24. The van der Waals surface area contributed by atoms with Crippen molar-refractivity contribution in [2.24, 2.45) is 4.40 Å². The minimum atomic E-state index is -4.16. The predicted octanol–water partition coefficient (Wildman–Crippen LogP) is -0.283. The lowest BCUT2D eigenvalue weighted by atomic mass is 10.0. The molecule has 2 heterocycles. The van der Waals surface area contributed by atoms with E-state index in [2.05, 4.69) is 4.40 Å². The number of benzene rings is 1. The highest BCUT2D eigenvalue weighted by atomic mass is 32.2. The van der Waals surface area contributed by atoms with Gasteiger partial charge in [0.05, 0.1) is 17.8 Å². The molecule has 9 nitrogen and oxygen atoms in total. The molecule has 1 N–H and O–H groups in total. The summed E-state index contributed by atoms with van der Waals surface area (Å²) >= 11 is 0. The Balaban J connectivity index is 2.08. The summed E-state index contributed by atoms with van der Waals surface area (Å²) in [5.74, 6) is -1.62. The van der Waals surface area contributed by atoms with Crippen LogP contribution in [0.4, 0.5) is 0 Å². The maximum Gasteiger partial charge on any atom is 0.287 e. The lowest BCUT2D eigenvalue weighted by Crippen LogP contribution is -2.24. The number of rotatable bonds is 4. The Morgan fingerprint density at radius 1 is 1.38 bits per heavy atom. The summed E-state index contributed by atoms with van der Waals surface area (Å²) in [6.45, 7) is -0.0766. The van der Waals surface area contributed by atoms with Gasteiger partial charge in [-0.05, 0) is 12.1 Å². The highest BCUT2D eigenvalue weighted by Crippen LogP contribution is 2.37. The Labute approximate surface area is 137 Å².